The number of ether oxygens (including phenoxy) is 1. The van der Waals surface area contributed by atoms with Crippen molar-refractivity contribution in [3.63, 3.8) is 0 Å². The number of rotatable bonds is 4. The molecule has 0 aliphatic carbocycles. The third kappa shape index (κ3) is 2.91. The molecule has 0 aromatic heterocycles. The first-order valence-corrected chi connectivity index (χ1v) is 5.31. The van der Waals surface area contributed by atoms with E-state index >= 15 is 0 Å². The minimum Gasteiger partial charge on any atom is -0.380 e. The Balaban J connectivity index is 1.84. The molecular weight excluding hydrogens is 186 g/mol. The Morgan fingerprint density at radius 2 is 2.07 bits per heavy atom. The molecule has 2 rings (SSSR count). The van der Waals surface area contributed by atoms with Gasteiger partial charge in [0.2, 0.25) is 0 Å². The summed E-state index contributed by atoms with van der Waals surface area (Å²) in [6, 6.07) is 10.6. The summed E-state index contributed by atoms with van der Waals surface area (Å²) in [7, 11) is 1.75. The van der Waals surface area contributed by atoms with Gasteiger partial charge in [-0.3, -0.25) is 4.90 Å². The number of benzene rings is 1. The molecule has 80 valence electrons. The number of nitrogens with zero attached hydrogens (tertiary/aromatic N) is 1. The number of methoxy groups -OCH3 is 1. The van der Waals surface area contributed by atoms with Crippen LogP contribution in [0.1, 0.15) is 5.56 Å². The number of hydrogen-bond donors (Lipinski definition) is 0. The van der Waals surface area contributed by atoms with Crippen LogP contribution in [-0.4, -0.2) is 31.7 Å². The van der Waals surface area contributed by atoms with E-state index in [1.807, 2.05) is 0 Å². The fraction of sp³-hybridized carbons (Fsp3) is 0.385. The highest BCUT2D eigenvalue weighted by Gasteiger charge is 2.13. The summed E-state index contributed by atoms with van der Waals surface area (Å²) < 4.78 is 5.13. The molecule has 0 saturated carbocycles. The largest absolute Gasteiger partial charge is 0.380 e. The van der Waals surface area contributed by atoms with Gasteiger partial charge in [0.15, 0.2) is 0 Å². The average molecular weight is 203 g/mol. The Morgan fingerprint density at radius 3 is 2.80 bits per heavy atom. The topological polar surface area (TPSA) is 12.5 Å². The van der Waals surface area contributed by atoms with Gasteiger partial charge in [-0.1, -0.05) is 36.4 Å². The van der Waals surface area contributed by atoms with Crippen molar-refractivity contribution < 1.29 is 4.74 Å². The van der Waals surface area contributed by atoms with Gasteiger partial charge in [-0.25, -0.2) is 0 Å². The lowest BCUT2D eigenvalue weighted by atomic mass is 10.2. The highest BCUT2D eigenvalue weighted by molar-refractivity contribution is 5.17. The van der Waals surface area contributed by atoms with E-state index in [9.17, 15) is 0 Å². The Bertz CT molecular complexity index is 332. The molecule has 0 spiro atoms. The van der Waals surface area contributed by atoms with Crippen LogP contribution >= 0.6 is 0 Å². The van der Waals surface area contributed by atoms with Crippen LogP contribution < -0.4 is 0 Å². The highest BCUT2D eigenvalue weighted by Crippen LogP contribution is 2.13. The quantitative estimate of drug-likeness (QED) is 0.695. The summed E-state index contributed by atoms with van der Waals surface area (Å²) in [6.07, 6.45) is 2.27. The van der Waals surface area contributed by atoms with E-state index in [1.54, 1.807) is 7.11 Å². The summed E-state index contributed by atoms with van der Waals surface area (Å²) in [5.74, 6) is 0. The minimum absolute atomic E-state index is 0.769. The van der Waals surface area contributed by atoms with Crippen LogP contribution in [0, 0.1) is 0 Å². The maximum absolute atomic E-state index is 5.13. The fourth-order valence-electron chi connectivity index (χ4n) is 1.93. The second-order valence-corrected chi connectivity index (χ2v) is 3.95. The smallest absolute Gasteiger partial charge is 0.0685 e. The molecule has 1 heterocycles. The van der Waals surface area contributed by atoms with Crippen molar-refractivity contribution in [3.05, 3.63) is 47.5 Å². The van der Waals surface area contributed by atoms with Crippen LogP contribution in [0.2, 0.25) is 0 Å². The third-order valence-corrected chi connectivity index (χ3v) is 2.64. The van der Waals surface area contributed by atoms with Gasteiger partial charge >= 0.3 is 0 Å². The molecule has 1 aromatic carbocycles. The van der Waals surface area contributed by atoms with Crippen LogP contribution in [0.25, 0.3) is 0 Å². The Kier molecular flexibility index (Phi) is 3.54. The fourth-order valence-corrected chi connectivity index (χ4v) is 1.93. The molecule has 0 bridgehead atoms. The molecule has 1 aliphatic rings. The first-order chi connectivity index (χ1) is 7.38. The van der Waals surface area contributed by atoms with Crippen molar-refractivity contribution in [1.82, 2.24) is 4.90 Å². The predicted molar refractivity (Wildman–Crippen MR) is 61.7 cm³/mol. The van der Waals surface area contributed by atoms with Crippen molar-refractivity contribution in [2.75, 3.05) is 26.8 Å². The molecule has 0 unspecified atom stereocenters. The van der Waals surface area contributed by atoms with E-state index < -0.39 is 0 Å². The zero-order valence-corrected chi connectivity index (χ0v) is 9.15. The molecule has 2 heteroatoms. The normalized spacial score (nSPS) is 16.7. The SMILES string of the molecule is COCC1=CCN(Cc2ccccc2)C1. The van der Waals surface area contributed by atoms with Gasteiger partial charge in [0.05, 0.1) is 6.61 Å². The van der Waals surface area contributed by atoms with Gasteiger partial charge in [-0.15, -0.1) is 0 Å². The van der Waals surface area contributed by atoms with E-state index in [0.29, 0.717) is 0 Å². The van der Waals surface area contributed by atoms with E-state index in [-0.39, 0.29) is 0 Å². The lowest BCUT2D eigenvalue weighted by molar-refractivity contribution is 0.218. The first-order valence-electron chi connectivity index (χ1n) is 5.31. The van der Waals surface area contributed by atoms with Crippen LogP contribution in [0.5, 0.6) is 0 Å². The van der Waals surface area contributed by atoms with E-state index in [1.165, 1.54) is 11.1 Å². The van der Waals surface area contributed by atoms with Gasteiger partial charge in [0.1, 0.15) is 0 Å². The standard InChI is InChI=1S/C13H17NO/c1-15-11-13-7-8-14(10-13)9-12-5-3-2-4-6-12/h2-7H,8-11H2,1H3. The summed E-state index contributed by atoms with van der Waals surface area (Å²) in [5, 5.41) is 0. The van der Waals surface area contributed by atoms with Crippen LogP contribution in [0.15, 0.2) is 42.0 Å². The molecule has 0 N–H and O–H groups in total. The van der Waals surface area contributed by atoms with Crippen molar-refractivity contribution >= 4 is 0 Å². The van der Waals surface area contributed by atoms with E-state index in [0.717, 1.165) is 26.2 Å². The molecule has 0 atom stereocenters. The van der Waals surface area contributed by atoms with Gasteiger partial charge in [-0.05, 0) is 11.1 Å². The molecule has 0 fully saturated rings. The summed E-state index contributed by atoms with van der Waals surface area (Å²) >= 11 is 0. The van der Waals surface area contributed by atoms with Crippen molar-refractivity contribution in [2.24, 2.45) is 0 Å². The van der Waals surface area contributed by atoms with Crippen molar-refractivity contribution in [2.45, 2.75) is 6.54 Å². The third-order valence-electron chi connectivity index (χ3n) is 2.64. The minimum atomic E-state index is 0.769. The summed E-state index contributed by atoms with van der Waals surface area (Å²) in [4.78, 5) is 2.42. The van der Waals surface area contributed by atoms with Gasteiger partial charge < -0.3 is 4.74 Å². The maximum atomic E-state index is 5.13. The number of hydrogen-bond acceptors (Lipinski definition) is 2. The summed E-state index contributed by atoms with van der Waals surface area (Å²) in [5.41, 5.74) is 2.78. The molecular formula is C13H17NO. The van der Waals surface area contributed by atoms with E-state index in [4.69, 9.17) is 4.74 Å². The Labute approximate surface area is 91.2 Å². The molecule has 1 aliphatic heterocycles. The summed E-state index contributed by atoms with van der Waals surface area (Å²) in [6.45, 7) is 3.90. The Hall–Kier alpha value is -1.12. The van der Waals surface area contributed by atoms with Crippen LogP contribution in [0.3, 0.4) is 0 Å². The molecule has 0 radical (unpaired) electrons. The van der Waals surface area contributed by atoms with Crippen molar-refractivity contribution in [3.8, 4) is 0 Å². The molecule has 15 heavy (non-hydrogen) atoms. The van der Waals surface area contributed by atoms with Crippen LogP contribution in [-0.2, 0) is 11.3 Å². The lowest BCUT2D eigenvalue weighted by Crippen LogP contribution is -2.20. The monoisotopic (exact) mass is 203 g/mol. The molecule has 0 saturated heterocycles. The zero-order chi connectivity index (χ0) is 10.5. The van der Waals surface area contributed by atoms with Gasteiger partial charge in [0.25, 0.3) is 0 Å². The molecule has 1 aromatic rings. The molecule has 2 nitrogen and oxygen atoms in total. The van der Waals surface area contributed by atoms with Gasteiger partial charge in [0, 0.05) is 26.7 Å². The Morgan fingerprint density at radius 1 is 1.27 bits per heavy atom. The van der Waals surface area contributed by atoms with Crippen molar-refractivity contribution in [1.29, 1.82) is 0 Å². The molecule has 0 amide bonds. The first kappa shape index (κ1) is 10.4. The van der Waals surface area contributed by atoms with Crippen LogP contribution in [0.4, 0.5) is 0 Å². The maximum Gasteiger partial charge on any atom is 0.0685 e. The average Bonchev–Trinajstić information content (AvgIpc) is 2.68. The van der Waals surface area contributed by atoms with E-state index in [2.05, 4.69) is 41.3 Å². The zero-order valence-electron chi connectivity index (χ0n) is 9.15. The second kappa shape index (κ2) is 5.10. The second-order valence-electron chi connectivity index (χ2n) is 3.95. The highest BCUT2D eigenvalue weighted by atomic mass is 16.5. The predicted octanol–water partition coefficient (Wildman–Crippen LogP) is 2.08. The lowest BCUT2D eigenvalue weighted by Gasteiger charge is -2.15. The van der Waals surface area contributed by atoms with Gasteiger partial charge in [-0.2, -0.15) is 0 Å².